The maximum atomic E-state index is 12.6. The van der Waals surface area contributed by atoms with Crippen molar-refractivity contribution in [1.82, 2.24) is 4.90 Å². The fraction of sp³-hybridized carbons (Fsp3) is 0.316. The van der Waals surface area contributed by atoms with E-state index in [0.717, 1.165) is 37.9 Å². The SMILES string of the molecule is CCCc1ccc(C(=O)N2CCc3ccccc3C2)cc1. The van der Waals surface area contributed by atoms with E-state index >= 15 is 0 Å². The highest BCUT2D eigenvalue weighted by Crippen LogP contribution is 2.20. The second-order valence-corrected chi connectivity index (χ2v) is 5.69. The summed E-state index contributed by atoms with van der Waals surface area (Å²) in [6, 6.07) is 16.5. The van der Waals surface area contributed by atoms with Crippen molar-refractivity contribution >= 4 is 5.91 Å². The molecule has 1 heterocycles. The Morgan fingerprint density at radius 2 is 1.76 bits per heavy atom. The summed E-state index contributed by atoms with van der Waals surface area (Å²) in [6.07, 6.45) is 3.16. The molecule has 0 saturated carbocycles. The monoisotopic (exact) mass is 279 g/mol. The minimum Gasteiger partial charge on any atom is -0.334 e. The molecule has 2 aromatic rings. The molecule has 108 valence electrons. The molecule has 0 unspecified atom stereocenters. The van der Waals surface area contributed by atoms with Crippen molar-refractivity contribution < 1.29 is 4.79 Å². The minimum absolute atomic E-state index is 0.146. The minimum atomic E-state index is 0.146. The Labute approximate surface area is 126 Å². The third kappa shape index (κ3) is 2.99. The first-order chi connectivity index (χ1) is 10.3. The van der Waals surface area contributed by atoms with Gasteiger partial charge in [0.25, 0.3) is 5.91 Å². The van der Waals surface area contributed by atoms with Gasteiger partial charge in [-0.3, -0.25) is 4.79 Å². The van der Waals surface area contributed by atoms with Crippen molar-refractivity contribution in [2.75, 3.05) is 6.54 Å². The summed E-state index contributed by atoms with van der Waals surface area (Å²) in [7, 11) is 0. The summed E-state index contributed by atoms with van der Waals surface area (Å²) in [6.45, 7) is 3.71. The van der Waals surface area contributed by atoms with Gasteiger partial charge in [-0.2, -0.15) is 0 Å². The van der Waals surface area contributed by atoms with E-state index in [9.17, 15) is 4.79 Å². The van der Waals surface area contributed by atoms with Crippen molar-refractivity contribution in [2.24, 2.45) is 0 Å². The summed E-state index contributed by atoms with van der Waals surface area (Å²) in [5, 5.41) is 0. The van der Waals surface area contributed by atoms with Crippen molar-refractivity contribution in [3.63, 3.8) is 0 Å². The third-order valence-electron chi connectivity index (χ3n) is 4.16. The highest BCUT2D eigenvalue weighted by Gasteiger charge is 2.21. The van der Waals surface area contributed by atoms with Gasteiger partial charge in [0.05, 0.1) is 0 Å². The van der Waals surface area contributed by atoms with Gasteiger partial charge in [-0.15, -0.1) is 0 Å². The average Bonchev–Trinajstić information content (AvgIpc) is 2.55. The van der Waals surface area contributed by atoms with Gasteiger partial charge in [-0.05, 0) is 41.7 Å². The van der Waals surface area contributed by atoms with Crippen LogP contribution in [0.25, 0.3) is 0 Å². The van der Waals surface area contributed by atoms with Crippen molar-refractivity contribution in [3.05, 3.63) is 70.8 Å². The van der Waals surface area contributed by atoms with Crippen molar-refractivity contribution in [1.29, 1.82) is 0 Å². The molecule has 0 radical (unpaired) electrons. The zero-order valence-corrected chi connectivity index (χ0v) is 12.5. The summed E-state index contributed by atoms with van der Waals surface area (Å²) >= 11 is 0. The number of aryl methyl sites for hydroxylation is 1. The largest absolute Gasteiger partial charge is 0.334 e. The normalized spacial score (nSPS) is 13.9. The smallest absolute Gasteiger partial charge is 0.254 e. The van der Waals surface area contributed by atoms with Gasteiger partial charge < -0.3 is 4.90 Å². The molecule has 21 heavy (non-hydrogen) atoms. The predicted molar refractivity (Wildman–Crippen MR) is 85.3 cm³/mol. The van der Waals surface area contributed by atoms with Crippen LogP contribution in [-0.2, 0) is 19.4 Å². The van der Waals surface area contributed by atoms with E-state index in [-0.39, 0.29) is 5.91 Å². The number of carbonyl (C=O) groups excluding carboxylic acids is 1. The Balaban J connectivity index is 1.74. The third-order valence-corrected chi connectivity index (χ3v) is 4.16. The van der Waals surface area contributed by atoms with Crippen LogP contribution >= 0.6 is 0 Å². The first kappa shape index (κ1) is 13.9. The maximum Gasteiger partial charge on any atom is 0.254 e. The first-order valence-corrected chi connectivity index (χ1v) is 7.73. The highest BCUT2D eigenvalue weighted by atomic mass is 16.2. The molecular weight excluding hydrogens is 258 g/mol. The van der Waals surface area contributed by atoms with Gasteiger partial charge in [0, 0.05) is 18.7 Å². The number of carbonyl (C=O) groups is 1. The summed E-state index contributed by atoms with van der Waals surface area (Å²) in [5.41, 5.74) is 4.76. The molecule has 2 heteroatoms. The average molecular weight is 279 g/mol. The highest BCUT2D eigenvalue weighted by molar-refractivity contribution is 5.94. The topological polar surface area (TPSA) is 20.3 Å². The van der Waals surface area contributed by atoms with Crippen molar-refractivity contribution in [3.8, 4) is 0 Å². The number of fused-ring (bicyclic) bond motifs is 1. The van der Waals surface area contributed by atoms with Crippen LogP contribution in [0.4, 0.5) is 0 Å². The van der Waals surface area contributed by atoms with E-state index in [1.165, 1.54) is 16.7 Å². The zero-order valence-electron chi connectivity index (χ0n) is 12.5. The number of hydrogen-bond donors (Lipinski definition) is 0. The lowest BCUT2D eigenvalue weighted by Crippen LogP contribution is -2.35. The lowest BCUT2D eigenvalue weighted by molar-refractivity contribution is 0.0734. The van der Waals surface area contributed by atoms with Crippen LogP contribution in [0.3, 0.4) is 0 Å². The fourth-order valence-electron chi connectivity index (χ4n) is 2.95. The van der Waals surface area contributed by atoms with Gasteiger partial charge in [0.1, 0.15) is 0 Å². The molecule has 1 aliphatic heterocycles. The first-order valence-electron chi connectivity index (χ1n) is 7.73. The molecule has 0 saturated heterocycles. The molecule has 0 spiro atoms. The molecular formula is C19H21NO. The second-order valence-electron chi connectivity index (χ2n) is 5.69. The van der Waals surface area contributed by atoms with E-state index in [0.29, 0.717) is 0 Å². The Morgan fingerprint density at radius 3 is 2.48 bits per heavy atom. The molecule has 0 N–H and O–H groups in total. The van der Waals surface area contributed by atoms with E-state index in [4.69, 9.17) is 0 Å². The van der Waals surface area contributed by atoms with Gasteiger partial charge in [-0.1, -0.05) is 49.7 Å². The standard InChI is InChI=1S/C19H21NO/c1-2-5-15-8-10-17(11-9-15)19(21)20-13-12-16-6-3-4-7-18(16)14-20/h3-4,6-11H,2,5,12-14H2,1H3. The Morgan fingerprint density at radius 1 is 1.05 bits per heavy atom. The van der Waals surface area contributed by atoms with Crippen LogP contribution in [-0.4, -0.2) is 17.4 Å². The molecule has 0 atom stereocenters. The lowest BCUT2D eigenvalue weighted by atomic mass is 9.99. The summed E-state index contributed by atoms with van der Waals surface area (Å²) < 4.78 is 0. The molecule has 1 amide bonds. The van der Waals surface area contributed by atoms with E-state index in [2.05, 4.69) is 37.3 Å². The van der Waals surface area contributed by atoms with Crippen LogP contribution in [0.15, 0.2) is 48.5 Å². The van der Waals surface area contributed by atoms with Gasteiger partial charge >= 0.3 is 0 Å². The molecule has 0 aromatic heterocycles. The molecule has 3 rings (SSSR count). The van der Waals surface area contributed by atoms with Crippen LogP contribution in [0.5, 0.6) is 0 Å². The van der Waals surface area contributed by atoms with Gasteiger partial charge in [-0.25, -0.2) is 0 Å². The molecule has 0 bridgehead atoms. The van der Waals surface area contributed by atoms with Crippen LogP contribution in [0.1, 0.15) is 40.4 Å². The van der Waals surface area contributed by atoms with E-state index in [1.807, 2.05) is 23.1 Å². The zero-order chi connectivity index (χ0) is 14.7. The van der Waals surface area contributed by atoms with E-state index < -0.39 is 0 Å². The Bertz CT molecular complexity index is 630. The predicted octanol–water partition coefficient (Wildman–Crippen LogP) is 3.84. The molecule has 2 aromatic carbocycles. The number of hydrogen-bond acceptors (Lipinski definition) is 1. The van der Waals surface area contributed by atoms with Crippen LogP contribution < -0.4 is 0 Å². The number of benzene rings is 2. The molecule has 2 nitrogen and oxygen atoms in total. The number of rotatable bonds is 3. The summed E-state index contributed by atoms with van der Waals surface area (Å²) in [4.78, 5) is 14.6. The summed E-state index contributed by atoms with van der Waals surface area (Å²) in [5.74, 6) is 0.146. The second kappa shape index (κ2) is 6.13. The van der Waals surface area contributed by atoms with Crippen LogP contribution in [0.2, 0.25) is 0 Å². The lowest BCUT2D eigenvalue weighted by Gasteiger charge is -2.29. The number of nitrogens with zero attached hydrogens (tertiary/aromatic N) is 1. The van der Waals surface area contributed by atoms with E-state index in [1.54, 1.807) is 0 Å². The molecule has 0 fully saturated rings. The Kier molecular flexibility index (Phi) is 4.05. The fourth-order valence-corrected chi connectivity index (χ4v) is 2.95. The maximum absolute atomic E-state index is 12.6. The van der Waals surface area contributed by atoms with Crippen molar-refractivity contribution in [2.45, 2.75) is 32.7 Å². The number of amides is 1. The van der Waals surface area contributed by atoms with Crippen LogP contribution in [0, 0.1) is 0 Å². The van der Waals surface area contributed by atoms with Gasteiger partial charge in [0.2, 0.25) is 0 Å². The molecule has 0 aliphatic carbocycles. The van der Waals surface area contributed by atoms with Gasteiger partial charge in [0.15, 0.2) is 0 Å². The Hall–Kier alpha value is -2.09. The quantitative estimate of drug-likeness (QED) is 0.836. The molecule has 1 aliphatic rings.